The second-order valence-corrected chi connectivity index (χ2v) is 7.16. The summed E-state index contributed by atoms with van der Waals surface area (Å²) in [5.41, 5.74) is 10.7. The summed E-state index contributed by atoms with van der Waals surface area (Å²) in [4.78, 5) is 15.7. The summed E-state index contributed by atoms with van der Waals surface area (Å²) in [6.45, 7) is 1.82. The lowest BCUT2D eigenvalue weighted by atomic mass is 10.0. The van der Waals surface area contributed by atoms with Crippen molar-refractivity contribution < 1.29 is 0 Å². The molecule has 7 heteroatoms. The number of hydrogen-bond donors (Lipinski definition) is 2. The molecule has 5 rings (SSSR count). The average molecular weight is 371 g/mol. The molecule has 0 atom stereocenters. The van der Waals surface area contributed by atoms with Crippen molar-refractivity contribution in [1.29, 1.82) is 0 Å². The van der Waals surface area contributed by atoms with Crippen LogP contribution in [0.15, 0.2) is 55.1 Å². The molecule has 1 aliphatic heterocycles. The minimum Gasteiger partial charge on any atom is -0.355 e. The number of piperidine rings is 1. The van der Waals surface area contributed by atoms with Gasteiger partial charge < -0.3 is 10.6 Å². The molecule has 0 bridgehead atoms. The topological polar surface area (TPSA) is 96.6 Å². The van der Waals surface area contributed by atoms with Gasteiger partial charge in [-0.15, -0.1) is 0 Å². The van der Waals surface area contributed by atoms with Gasteiger partial charge in [-0.3, -0.25) is 15.1 Å². The molecule has 0 radical (unpaired) electrons. The van der Waals surface area contributed by atoms with Crippen LogP contribution in [0.5, 0.6) is 0 Å². The number of nitrogens with zero attached hydrogens (tertiary/aromatic N) is 5. The Morgan fingerprint density at radius 3 is 2.71 bits per heavy atom. The Bertz CT molecular complexity index is 1100. The third-order valence-electron chi connectivity index (χ3n) is 5.29. The van der Waals surface area contributed by atoms with E-state index in [9.17, 15) is 0 Å². The number of benzene rings is 1. The first-order chi connectivity index (χ1) is 13.8. The quantitative estimate of drug-likeness (QED) is 0.575. The first-order valence-corrected chi connectivity index (χ1v) is 9.49. The number of aromatic nitrogens is 5. The number of nitrogens with one attached hydrogen (secondary N) is 1. The lowest BCUT2D eigenvalue weighted by molar-refractivity contribution is 0.498. The molecule has 4 heterocycles. The number of aromatic amines is 1. The Balaban J connectivity index is 1.53. The van der Waals surface area contributed by atoms with Crippen LogP contribution in [-0.2, 0) is 0 Å². The number of nitrogens with two attached hydrogens (primary N) is 1. The zero-order chi connectivity index (χ0) is 18.9. The summed E-state index contributed by atoms with van der Waals surface area (Å²) in [7, 11) is 0. The molecule has 0 saturated carbocycles. The van der Waals surface area contributed by atoms with Gasteiger partial charge in [0, 0.05) is 42.5 Å². The molecule has 1 saturated heterocycles. The fourth-order valence-electron chi connectivity index (χ4n) is 3.67. The van der Waals surface area contributed by atoms with Crippen molar-refractivity contribution in [3.05, 3.63) is 55.1 Å². The first kappa shape index (κ1) is 16.8. The normalized spacial score (nSPS) is 15.2. The molecule has 0 aliphatic carbocycles. The van der Waals surface area contributed by atoms with Gasteiger partial charge in [-0.25, -0.2) is 4.98 Å². The van der Waals surface area contributed by atoms with Gasteiger partial charge >= 0.3 is 0 Å². The molecule has 1 aromatic carbocycles. The van der Waals surface area contributed by atoms with Crippen molar-refractivity contribution in [2.45, 2.75) is 18.9 Å². The fourth-order valence-corrected chi connectivity index (χ4v) is 3.67. The molecule has 28 heavy (non-hydrogen) atoms. The van der Waals surface area contributed by atoms with E-state index in [4.69, 9.17) is 10.7 Å². The highest BCUT2D eigenvalue weighted by Gasteiger charge is 2.19. The summed E-state index contributed by atoms with van der Waals surface area (Å²) in [6, 6.07) is 10.5. The molecule has 7 nitrogen and oxygen atoms in total. The molecule has 0 unspecified atom stereocenters. The summed E-state index contributed by atoms with van der Waals surface area (Å²) in [6.07, 6.45) is 9.18. The summed E-state index contributed by atoms with van der Waals surface area (Å²) in [5.74, 6) is 0.879. The number of pyridine rings is 1. The van der Waals surface area contributed by atoms with Crippen LogP contribution in [0.25, 0.3) is 33.4 Å². The van der Waals surface area contributed by atoms with E-state index in [-0.39, 0.29) is 6.04 Å². The van der Waals surface area contributed by atoms with Crippen LogP contribution in [0, 0.1) is 0 Å². The van der Waals surface area contributed by atoms with Crippen molar-refractivity contribution in [2.24, 2.45) is 5.73 Å². The minimum absolute atomic E-state index is 0.286. The largest absolute Gasteiger partial charge is 0.355 e. The van der Waals surface area contributed by atoms with Gasteiger partial charge in [0.05, 0.1) is 17.9 Å². The van der Waals surface area contributed by atoms with Crippen LogP contribution in [-0.4, -0.2) is 44.3 Å². The molecule has 1 fully saturated rings. The van der Waals surface area contributed by atoms with E-state index < -0.39 is 0 Å². The lowest BCUT2D eigenvalue weighted by Crippen LogP contribution is -2.40. The van der Waals surface area contributed by atoms with Crippen LogP contribution in [0.1, 0.15) is 12.8 Å². The van der Waals surface area contributed by atoms with Gasteiger partial charge in [0.2, 0.25) is 0 Å². The Morgan fingerprint density at radius 2 is 1.89 bits per heavy atom. The molecular formula is C21H21N7. The van der Waals surface area contributed by atoms with Gasteiger partial charge in [0.1, 0.15) is 17.2 Å². The summed E-state index contributed by atoms with van der Waals surface area (Å²) >= 11 is 0. The molecule has 0 amide bonds. The molecule has 3 N–H and O–H groups in total. The summed E-state index contributed by atoms with van der Waals surface area (Å²) in [5, 5.41) is 8.65. The van der Waals surface area contributed by atoms with E-state index in [1.165, 1.54) is 0 Å². The van der Waals surface area contributed by atoms with Crippen LogP contribution in [0.2, 0.25) is 0 Å². The Hall–Kier alpha value is -3.32. The van der Waals surface area contributed by atoms with Gasteiger partial charge in [-0.05, 0) is 36.6 Å². The first-order valence-electron chi connectivity index (χ1n) is 9.49. The number of H-pyrrole nitrogens is 1. The number of fused-ring (bicyclic) bond motifs is 1. The number of anilines is 1. The lowest BCUT2D eigenvalue weighted by Gasteiger charge is -2.30. The maximum Gasteiger partial charge on any atom is 0.147 e. The van der Waals surface area contributed by atoms with Gasteiger partial charge in [0.15, 0.2) is 0 Å². The maximum atomic E-state index is 6.03. The molecule has 1 aliphatic rings. The SMILES string of the molecule is NC1CCN(c2cncc(-c3n[nH]c4ccc(-c5cccnc5)cc34)n2)CC1. The highest BCUT2D eigenvalue weighted by molar-refractivity contribution is 5.94. The van der Waals surface area contributed by atoms with E-state index in [1.54, 1.807) is 12.4 Å². The van der Waals surface area contributed by atoms with Crippen LogP contribution < -0.4 is 10.6 Å². The molecule has 140 valence electrons. The van der Waals surface area contributed by atoms with E-state index in [0.717, 1.165) is 65.2 Å². The maximum absolute atomic E-state index is 6.03. The van der Waals surface area contributed by atoms with Crippen molar-refractivity contribution in [3.63, 3.8) is 0 Å². The second kappa shape index (κ2) is 7.01. The monoisotopic (exact) mass is 371 g/mol. The minimum atomic E-state index is 0.286. The predicted octanol–water partition coefficient (Wildman–Crippen LogP) is 3.01. The van der Waals surface area contributed by atoms with Crippen molar-refractivity contribution >= 4 is 16.7 Å². The van der Waals surface area contributed by atoms with Crippen molar-refractivity contribution in [3.8, 4) is 22.5 Å². The van der Waals surface area contributed by atoms with Gasteiger partial charge in [-0.1, -0.05) is 12.1 Å². The van der Waals surface area contributed by atoms with E-state index in [1.807, 2.05) is 24.5 Å². The average Bonchev–Trinajstić information content (AvgIpc) is 3.18. The third-order valence-corrected chi connectivity index (χ3v) is 5.29. The predicted molar refractivity (Wildman–Crippen MR) is 110 cm³/mol. The Morgan fingerprint density at radius 1 is 1.00 bits per heavy atom. The summed E-state index contributed by atoms with van der Waals surface area (Å²) < 4.78 is 0. The molecule has 0 spiro atoms. The Kier molecular flexibility index (Phi) is 4.21. The van der Waals surface area contributed by atoms with E-state index in [0.29, 0.717) is 0 Å². The zero-order valence-electron chi connectivity index (χ0n) is 15.4. The molecular weight excluding hydrogens is 350 g/mol. The standard InChI is InChI=1S/C21H21N7/c22-16-5-8-28(9-6-16)20-13-24-12-19(25-20)21-17-10-14(3-4-18(17)26-27-21)15-2-1-7-23-11-15/h1-4,7,10-13,16H,5-6,8-9,22H2,(H,26,27). The van der Waals surface area contributed by atoms with Crippen molar-refractivity contribution in [1.82, 2.24) is 25.1 Å². The molecule has 3 aromatic heterocycles. The zero-order valence-corrected chi connectivity index (χ0v) is 15.4. The smallest absolute Gasteiger partial charge is 0.147 e. The van der Waals surface area contributed by atoms with Crippen molar-refractivity contribution in [2.75, 3.05) is 18.0 Å². The fraction of sp³-hybridized carbons (Fsp3) is 0.238. The second-order valence-electron chi connectivity index (χ2n) is 7.16. The van der Waals surface area contributed by atoms with E-state index in [2.05, 4.69) is 43.3 Å². The number of rotatable bonds is 3. The van der Waals surface area contributed by atoms with Crippen LogP contribution >= 0.6 is 0 Å². The number of hydrogen-bond acceptors (Lipinski definition) is 6. The van der Waals surface area contributed by atoms with E-state index >= 15 is 0 Å². The van der Waals surface area contributed by atoms with Gasteiger partial charge in [-0.2, -0.15) is 5.10 Å². The highest BCUT2D eigenvalue weighted by atomic mass is 15.2. The Labute approximate surface area is 162 Å². The third kappa shape index (κ3) is 3.10. The van der Waals surface area contributed by atoms with Gasteiger partial charge in [0.25, 0.3) is 0 Å². The molecule has 4 aromatic rings. The van der Waals surface area contributed by atoms with Crippen LogP contribution in [0.4, 0.5) is 5.82 Å². The highest BCUT2D eigenvalue weighted by Crippen LogP contribution is 2.30. The van der Waals surface area contributed by atoms with Crippen LogP contribution in [0.3, 0.4) is 0 Å².